The summed E-state index contributed by atoms with van der Waals surface area (Å²) < 4.78 is 55.3. The third-order valence-electron chi connectivity index (χ3n) is 5.11. The number of amides is 2. The number of nitrogens with zero attached hydrogens (tertiary/aromatic N) is 2. The van der Waals surface area contributed by atoms with Crippen molar-refractivity contribution in [2.75, 3.05) is 26.7 Å². The largest absolute Gasteiger partial charge is 0.342 e. The van der Waals surface area contributed by atoms with Crippen LogP contribution < -0.4 is 0 Å². The van der Waals surface area contributed by atoms with Crippen LogP contribution in [0.1, 0.15) is 28.3 Å². The molecule has 0 spiro atoms. The van der Waals surface area contributed by atoms with Crippen molar-refractivity contribution in [2.45, 2.75) is 37.0 Å². The lowest BCUT2D eigenvalue weighted by molar-refractivity contribution is -0.133. The quantitative estimate of drug-likeness (QED) is 0.749. The first-order chi connectivity index (χ1) is 12.3. The Hall–Kier alpha value is -2.12. The van der Waals surface area contributed by atoms with Gasteiger partial charge in [-0.3, -0.25) is 9.59 Å². The molecule has 1 aliphatic heterocycles. The molecule has 0 aromatic heterocycles. The molecule has 8 heteroatoms. The molecule has 1 saturated heterocycles. The molecule has 0 N–H and O–H groups in total. The van der Waals surface area contributed by atoms with Crippen molar-refractivity contribution in [3.8, 4) is 0 Å². The van der Waals surface area contributed by atoms with Gasteiger partial charge in [-0.15, -0.1) is 0 Å². The highest BCUT2D eigenvalue weighted by Crippen LogP contribution is 2.40. The van der Waals surface area contributed by atoms with E-state index in [1.54, 1.807) is 7.05 Å². The van der Waals surface area contributed by atoms with Crippen LogP contribution in [0.15, 0.2) is 24.3 Å². The number of halogens is 4. The van der Waals surface area contributed by atoms with E-state index in [1.165, 1.54) is 34.1 Å². The smallest absolute Gasteiger partial charge is 0.254 e. The zero-order chi connectivity index (χ0) is 19.0. The van der Waals surface area contributed by atoms with E-state index >= 15 is 0 Å². The first-order valence-corrected chi connectivity index (χ1v) is 8.49. The van der Waals surface area contributed by atoms with E-state index < -0.39 is 37.0 Å². The second-order valence-corrected chi connectivity index (χ2v) is 6.85. The van der Waals surface area contributed by atoms with Gasteiger partial charge in [-0.25, -0.2) is 17.6 Å². The van der Waals surface area contributed by atoms with Crippen LogP contribution in [0, 0.1) is 0 Å². The average molecular weight is 372 g/mol. The minimum atomic E-state index is -2.13. The Labute approximate surface area is 148 Å². The monoisotopic (exact) mass is 372 g/mol. The summed E-state index contributed by atoms with van der Waals surface area (Å²) in [6, 6.07) is 5.38. The first kappa shape index (κ1) is 18.7. The van der Waals surface area contributed by atoms with E-state index in [-0.39, 0.29) is 29.5 Å². The molecule has 1 unspecified atom stereocenters. The standard InChI is InChI=1S/C18H20F4N2O2/c1-23-6-7-24(9-14(23)25)18(26)11-4-2-10(3-5-11)15-16(21)12(19)8-13(20)17(15)22/h2-5,12-13,15-17H,6-9H2,1H3/t12-,13+,15?,16-,17+. The highest BCUT2D eigenvalue weighted by atomic mass is 19.2. The average Bonchev–Trinajstić information content (AvgIpc) is 2.62. The van der Waals surface area contributed by atoms with E-state index in [2.05, 4.69) is 0 Å². The van der Waals surface area contributed by atoms with E-state index in [4.69, 9.17) is 0 Å². The molecule has 3 rings (SSSR count). The molecule has 0 radical (unpaired) electrons. The number of likely N-dealkylation sites (N-methyl/N-ethyl adjacent to an activating group) is 1. The van der Waals surface area contributed by atoms with Crippen molar-refractivity contribution >= 4 is 11.8 Å². The van der Waals surface area contributed by atoms with Gasteiger partial charge in [0.15, 0.2) is 0 Å². The molecule has 1 aromatic rings. The summed E-state index contributed by atoms with van der Waals surface area (Å²) in [5.41, 5.74) is 0.363. The molecule has 4 nitrogen and oxygen atoms in total. The third kappa shape index (κ3) is 3.41. The molecule has 5 atom stereocenters. The predicted octanol–water partition coefficient (Wildman–Crippen LogP) is 2.44. The zero-order valence-electron chi connectivity index (χ0n) is 14.2. The van der Waals surface area contributed by atoms with Gasteiger partial charge in [-0.1, -0.05) is 12.1 Å². The summed E-state index contributed by atoms with van der Waals surface area (Å²) in [7, 11) is 1.65. The minimum absolute atomic E-state index is 0.0358. The molecule has 2 aliphatic rings. The minimum Gasteiger partial charge on any atom is -0.342 e. The number of carbonyl (C=O) groups is 2. The van der Waals surface area contributed by atoms with Crippen LogP contribution in [0.25, 0.3) is 0 Å². The number of carbonyl (C=O) groups excluding carboxylic acids is 2. The summed E-state index contributed by atoms with van der Waals surface area (Å²) in [6.07, 6.45) is -9.16. The third-order valence-corrected chi connectivity index (χ3v) is 5.11. The van der Waals surface area contributed by atoms with Crippen molar-refractivity contribution in [2.24, 2.45) is 0 Å². The SMILES string of the molecule is CN1CCN(C(=O)c2ccc(C3[C@@H](F)[C@@H](F)C[C@@H](F)[C@H]3F)cc2)CC1=O. The van der Waals surface area contributed by atoms with Gasteiger partial charge in [-0.2, -0.15) is 0 Å². The summed E-state index contributed by atoms with van der Waals surface area (Å²) in [5.74, 6) is -2.09. The summed E-state index contributed by atoms with van der Waals surface area (Å²) in [6.45, 7) is 0.775. The Kier molecular flexibility index (Phi) is 5.20. The Balaban J connectivity index is 1.76. The molecule has 1 heterocycles. The van der Waals surface area contributed by atoms with E-state index in [9.17, 15) is 27.2 Å². The van der Waals surface area contributed by atoms with Gasteiger partial charge in [0.1, 0.15) is 31.2 Å². The maximum atomic E-state index is 14.1. The van der Waals surface area contributed by atoms with E-state index in [0.29, 0.717) is 13.1 Å². The fraction of sp³-hybridized carbons (Fsp3) is 0.556. The van der Waals surface area contributed by atoms with Crippen LogP contribution in [0.5, 0.6) is 0 Å². The van der Waals surface area contributed by atoms with Gasteiger partial charge in [-0.05, 0) is 17.7 Å². The lowest BCUT2D eigenvalue weighted by atomic mass is 9.79. The molecule has 1 aliphatic carbocycles. The second kappa shape index (κ2) is 7.25. The van der Waals surface area contributed by atoms with Crippen LogP contribution in [-0.4, -0.2) is 73.0 Å². The van der Waals surface area contributed by atoms with Crippen LogP contribution in [0.2, 0.25) is 0 Å². The summed E-state index contributed by atoms with van der Waals surface area (Å²) in [4.78, 5) is 27.1. The van der Waals surface area contributed by atoms with Gasteiger partial charge < -0.3 is 9.80 Å². The Morgan fingerprint density at radius 3 is 2.12 bits per heavy atom. The van der Waals surface area contributed by atoms with Crippen molar-refractivity contribution in [1.82, 2.24) is 9.80 Å². The van der Waals surface area contributed by atoms with Crippen molar-refractivity contribution in [3.05, 3.63) is 35.4 Å². The molecule has 26 heavy (non-hydrogen) atoms. The molecule has 142 valence electrons. The molecule has 1 saturated carbocycles. The maximum Gasteiger partial charge on any atom is 0.254 e. The number of piperazine rings is 1. The first-order valence-electron chi connectivity index (χ1n) is 8.49. The highest BCUT2D eigenvalue weighted by Gasteiger charge is 2.47. The molecule has 0 bridgehead atoms. The number of hydrogen-bond acceptors (Lipinski definition) is 2. The fourth-order valence-corrected chi connectivity index (χ4v) is 3.43. The second-order valence-electron chi connectivity index (χ2n) is 6.85. The van der Waals surface area contributed by atoms with Crippen molar-refractivity contribution in [1.29, 1.82) is 0 Å². The molecular formula is C18H20F4N2O2. The number of benzene rings is 1. The molecule has 1 aromatic carbocycles. The summed E-state index contributed by atoms with van der Waals surface area (Å²) >= 11 is 0. The molecule has 2 amide bonds. The number of alkyl halides is 4. The summed E-state index contributed by atoms with van der Waals surface area (Å²) in [5, 5.41) is 0. The fourth-order valence-electron chi connectivity index (χ4n) is 3.43. The Morgan fingerprint density at radius 1 is 1.00 bits per heavy atom. The van der Waals surface area contributed by atoms with Gasteiger partial charge in [0.2, 0.25) is 5.91 Å². The van der Waals surface area contributed by atoms with Crippen molar-refractivity contribution < 1.29 is 27.2 Å². The van der Waals surface area contributed by atoms with E-state index in [0.717, 1.165) is 0 Å². The van der Waals surface area contributed by atoms with Gasteiger partial charge in [0.25, 0.3) is 5.91 Å². The van der Waals surface area contributed by atoms with Crippen LogP contribution >= 0.6 is 0 Å². The van der Waals surface area contributed by atoms with Gasteiger partial charge in [0.05, 0.1) is 5.92 Å². The predicted molar refractivity (Wildman–Crippen MR) is 86.9 cm³/mol. The molecule has 2 fully saturated rings. The lowest BCUT2D eigenvalue weighted by Gasteiger charge is -2.34. The van der Waals surface area contributed by atoms with Crippen molar-refractivity contribution in [3.63, 3.8) is 0 Å². The Bertz CT molecular complexity index is 670. The number of hydrogen-bond donors (Lipinski definition) is 0. The zero-order valence-corrected chi connectivity index (χ0v) is 14.2. The number of rotatable bonds is 2. The lowest BCUT2D eigenvalue weighted by Crippen LogP contribution is -2.50. The highest BCUT2D eigenvalue weighted by molar-refractivity contribution is 5.97. The Morgan fingerprint density at radius 2 is 1.58 bits per heavy atom. The van der Waals surface area contributed by atoms with Crippen LogP contribution in [0.3, 0.4) is 0 Å². The van der Waals surface area contributed by atoms with E-state index in [1.807, 2.05) is 0 Å². The van der Waals surface area contributed by atoms with Gasteiger partial charge >= 0.3 is 0 Å². The topological polar surface area (TPSA) is 40.6 Å². The maximum absolute atomic E-state index is 14.1. The van der Waals surface area contributed by atoms with Gasteiger partial charge in [0, 0.05) is 32.1 Å². The normalized spacial score (nSPS) is 32.7. The molecular weight excluding hydrogens is 352 g/mol. The van der Waals surface area contributed by atoms with Crippen LogP contribution in [-0.2, 0) is 4.79 Å². The van der Waals surface area contributed by atoms with Crippen LogP contribution in [0.4, 0.5) is 17.6 Å².